The first-order chi connectivity index (χ1) is 11.1. The van der Waals surface area contributed by atoms with Crippen molar-refractivity contribution in [3.05, 3.63) is 48.0 Å². The molecule has 1 aromatic heterocycles. The zero-order valence-corrected chi connectivity index (χ0v) is 13.0. The van der Waals surface area contributed by atoms with Crippen LogP contribution in [0.15, 0.2) is 36.5 Å². The second kappa shape index (κ2) is 6.73. The van der Waals surface area contributed by atoms with Crippen LogP contribution in [0.25, 0.3) is 0 Å². The molecular weight excluding hydrogens is 295 g/mol. The Morgan fingerprint density at radius 3 is 2.96 bits per heavy atom. The molecule has 2 aromatic rings. The molecule has 1 amide bonds. The van der Waals surface area contributed by atoms with Crippen molar-refractivity contribution in [3.63, 3.8) is 0 Å². The van der Waals surface area contributed by atoms with E-state index >= 15 is 0 Å². The van der Waals surface area contributed by atoms with Gasteiger partial charge in [0.25, 0.3) is 5.91 Å². The van der Waals surface area contributed by atoms with Crippen molar-refractivity contribution in [1.82, 2.24) is 9.97 Å². The number of nitrogens with zero attached hydrogens (tertiary/aromatic N) is 3. The molecule has 0 radical (unpaired) electrons. The topological polar surface area (TPSA) is 58.1 Å². The molecule has 1 aliphatic heterocycles. The summed E-state index contributed by atoms with van der Waals surface area (Å²) in [6, 6.07) is 7.59. The van der Waals surface area contributed by atoms with Crippen LogP contribution in [0.2, 0.25) is 0 Å². The highest BCUT2D eigenvalue weighted by Crippen LogP contribution is 2.20. The van der Waals surface area contributed by atoms with Crippen molar-refractivity contribution >= 4 is 17.5 Å². The van der Waals surface area contributed by atoms with Crippen molar-refractivity contribution in [3.8, 4) is 0 Å². The van der Waals surface area contributed by atoms with E-state index < -0.39 is 11.7 Å². The van der Waals surface area contributed by atoms with Crippen LogP contribution >= 0.6 is 0 Å². The second-order valence-electron chi connectivity index (χ2n) is 5.87. The number of hydrogen-bond donors (Lipinski definition) is 1. The van der Waals surface area contributed by atoms with E-state index in [0.717, 1.165) is 19.5 Å². The highest BCUT2D eigenvalue weighted by Gasteiger charge is 2.20. The first-order valence-electron chi connectivity index (χ1n) is 7.77. The van der Waals surface area contributed by atoms with Crippen molar-refractivity contribution in [2.24, 2.45) is 5.92 Å². The molecule has 1 fully saturated rings. The zero-order chi connectivity index (χ0) is 16.2. The fraction of sp³-hybridized carbons (Fsp3) is 0.353. The van der Waals surface area contributed by atoms with E-state index in [-0.39, 0.29) is 11.4 Å². The van der Waals surface area contributed by atoms with E-state index in [1.165, 1.54) is 24.6 Å². The minimum absolute atomic E-state index is 0.143. The molecular formula is C17H19FN4O. The van der Waals surface area contributed by atoms with Crippen LogP contribution in [0, 0.1) is 11.7 Å². The molecule has 0 bridgehead atoms. The van der Waals surface area contributed by atoms with Crippen molar-refractivity contribution in [1.29, 1.82) is 0 Å². The van der Waals surface area contributed by atoms with Crippen LogP contribution in [-0.2, 0) is 0 Å². The first-order valence-corrected chi connectivity index (χ1v) is 7.77. The molecule has 0 aliphatic carbocycles. The average molecular weight is 314 g/mol. The van der Waals surface area contributed by atoms with Gasteiger partial charge in [-0.15, -0.1) is 0 Å². The fourth-order valence-corrected chi connectivity index (χ4v) is 2.75. The largest absolute Gasteiger partial charge is 0.341 e. The van der Waals surface area contributed by atoms with Gasteiger partial charge < -0.3 is 10.2 Å². The van der Waals surface area contributed by atoms with Gasteiger partial charge in [0.05, 0.1) is 5.69 Å². The predicted octanol–water partition coefficient (Wildman–Crippen LogP) is 3.10. The van der Waals surface area contributed by atoms with Gasteiger partial charge in [0.1, 0.15) is 11.5 Å². The predicted molar refractivity (Wildman–Crippen MR) is 87.0 cm³/mol. The molecule has 1 unspecified atom stereocenters. The van der Waals surface area contributed by atoms with Crippen molar-refractivity contribution < 1.29 is 9.18 Å². The lowest BCUT2D eigenvalue weighted by atomic mass is 10.0. The van der Waals surface area contributed by atoms with Gasteiger partial charge in [0.2, 0.25) is 5.95 Å². The van der Waals surface area contributed by atoms with Crippen LogP contribution in [0.4, 0.5) is 16.0 Å². The summed E-state index contributed by atoms with van der Waals surface area (Å²) in [5, 5.41) is 2.54. The molecule has 23 heavy (non-hydrogen) atoms. The van der Waals surface area contributed by atoms with Crippen LogP contribution in [0.5, 0.6) is 0 Å². The molecule has 0 spiro atoms. The van der Waals surface area contributed by atoms with Gasteiger partial charge >= 0.3 is 0 Å². The minimum Gasteiger partial charge on any atom is -0.341 e. The Morgan fingerprint density at radius 2 is 2.17 bits per heavy atom. The normalized spacial score (nSPS) is 17.8. The second-order valence-corrected chi connectivity index (χ2v) is 5.87. The molecule has 5 nitrogen and oxygen atoms in total. The molecule has 0 saturated carbocycles. The first kappa shape index (κ1) is 15.4. The SMILES string of the molecule is CC1CCCN(c2nccc(C(=O)Nc3ccccc3F)n2)C1. The van der Waals surface area contributed by atoms with Gasteiger partial charge in [-0.05, 0) is 37.0 Å². The van der Waals surface area contributed by atoms with Gasteiger partial charge in [0.15, 0.2) is 0 Å². The number of aromatic nitrogens is 2. The number of rotatable bonds is 3. The summed E-state index contributed by atoms with van der Waals surface area (Å²) in [7, 11) is 0. The summed E-state index contributed by atoms with van der Waals surface area (Å²) in [5.41, 5.74) is 0.376. The monoisotopic (exact) mass is 314 g/mol. The number of para-hydroxylation sites is 1. The smallest absolute Gasteiger partial charge is 0.274 e. The molecule has 1 N–H and O–H groups in total. The third-order valence-electron chi connectivity index (χ3n) is 3.94. The van der Waals surface area contributed by atoms with Gasteiger partial charge in [-0.2, -0.15) is 0 Å². The van der Waals surface area contributed by atoms with Gasteiger partial charge in [-0.1, -0.05) is 19.1 Å². The van der Waals surface area contributed by atoms with E-state index in [0.29, 0.717) is 11.9 Å². The van der Waals surface area contributed by atoms with E-state index in [2.05, 4.69) is 27.1 Å². The summed E-state index contributed by atoms with van der Waals surface area (Å²) in [6.45, 7) is 3.97. The Hall–Kier alpha value is -2.50. The molecule has 1 aromatic carbocycles. The van der Waals surface area contributed by atoms with Crippen LogP contribution in [0.1, 0.15) is 30.3 Å². The van der Waals surface area contributed by atoms with Gasteiger partial charge in [-0.3, -0.25) is 4.79 Å². The lowest BCUT2D eigenvalue weighted by Gasteiger charge is -2.30. The molecule has 3 rings (SSSR count). The maximum absolute atomic E-state index is 13.6. The maximum atomic E-state index is 13.6. The van der Waals surface area contributed by atoms with E-state index in [9.17, 15) is 9.18 Å². The fourth-order valence-electron chi connectivity index (χ4n) is 2.75. The van der Waals surface area contributed by atoms with Gasteiger partial charge in [0, 0.05) is 19.3 Å². The standard InChI is InChI=1S/C17H19FN4O/c1-12-5-4-10-22(11-12)17-19-9-8-15(21-17)16(23)20-14-7-3-2-6-13(14)18/h2-3,6-9,12H,4-5,10-11H2,1H3,(H,20,23). The number of piperidine rings is 1. The summed E-state index contributed by atoms with van der Waals surface area (Å²) in [6.07, 6.45) is 3.86. The highest BCUT2D eigenvalue weighted by atomic mass is 19.1. The van der Waals surface area contributed by atoms with Gasteiger partial charge in [-0.25, -0.2) is 14.4 Å². The number of anilines is 2. The Labute approximate surface area is 134 Å². The Bertz CT molecular complexity index is 706. The molecule has 120 valence electrons. The number of amides is 1. The third kappa shape index (κ3) is 3.64. The zero-order valence-electron chi connectivity index (χ0n) is 13.0. The number of benzene rings is 1. The average Bonchev–Trinajstić information content (AvgIpc) is 2.57. The summed E-state index contributed by atoms with van der Waals surface area (Å²) in [5.74, 6) is 0.227. The molecule has 6 heteroatoms. The van der Waals surface area contributed by atoms with E-state index in [1.54, 1.807) is 18.3 Å². The lowest BCUT2D eigenvalue weighted by molar-refractivity contribution is 0.102. The maximum Gasteiger partial charge on any atom is 0.274 e. The number of carbonyl (C=O) groups excluding carboxylic acids is 1. The summed E-state index contributed by atoms with van der Waals surface area (Å²) >= 11 is 0. The van der Waals surface area contributed by atoms with Crippen LogP contribution in [0.3, 0.4) is 0 Å². The minimum atomic E-state index is -0.472. The quantitative estimate of drug-likeness (QED) is 0.946. The number of halogens is 1. The summed E-state index contributed by atoms with van der Waals surface area (Å²) < 4.78 is 13.6. The third-order valence-corrected chi connectivity index (χ3v) is 3.94. The van der Waals surface area contributed by atoms with Crippen molar-refractivity contribution in [2.45, 2.75) is 19.8 Å². The number of hydrogen-bond acceptors (Lipinski definition) is 4. The highest BCUT2D eigenvalue weighted by molar-refractivity contribution is 6.03. The number of nitrogens with one attached hydrogen (secondary N) is 1. The molecule has 2 heterocycles. The van der Waals surface area contributed by atoms with Crippen molar-refractivity contribution in [2.75, 3.05) is 23.3 Å². The number of carbonyl (C=O) groups is 1. The van der Waals surface area contributed by atoms with Crippen LogP contribution < -0.4 is 10.2 Å². The Balaban J connectivity index is 1.76. The van der Waals surface area contributed by atoms with Crippen LogP contribution in [-0.4, -0.2) is 29.0 Å². The van der Waals surface area contributed by atoms with E-state index in [1.807, 2.05) is 0 Å². The Kier molecular flexibility index (Phi) is 4.50. The molecule has 1 atom stereocenters. The van der Waals surface area contributed by atoms with E-state index in [4.69, 9.17) is 0 Å². The lowest BCUT2D eigenvalue weighted by Crippen LogP contribution is -2.35. The summed E-state index contributed by atoms with van der Waals surface area (Å²) in [4.78, 5) is 23.0. The molecule has 1 aliphatic rings. The molecule has 1 saturated heterocycles. The Morgan fingerprint density at radius 1 is 1.35 bits per heavy atom.